The highest BCUT2D eigenvalue weighted by molar-refractivity contribution is 4.89. The van der Waals surface area contributed by atoms with Gasteiger partial charge in [0, 0.05) is 0 Å². The molecule has 0 unspecified atom stereocenters. The highest BCUT2D eigenvalue weighted by atomic mass is 16.7. The van der Waals surface area contributed by atoms with Crippen molar-refractivity contribution < 1.29 is 24.8 Å². The minimum atomic E-state index is -1.28. The Morgan fingerprint density at radius 1 is 1.29 bits per heavy atom. The van der Waals surface area contributed by atoms with E-state index in [1.807, 2.05) is 0 Å². The first kappa shape index (κ1) is 11.4. The molecule has 0 spiro atoms. The molecule has 0 radical (unpaired) electrons. The van der Waals surface area contributed by atoms with Crippen LogP contribution in [0, 0.1) is 12.3 Å². The number of terminal acetylenes is 1. The summed E-state index contributed by atoms with van der Waals surface area (Å²) >= 11 is 0. The van der Waals surface area contributed by atoms with Crippen LogP contribution in [0.2, 0.25) is 0 Å². The average Bonchev–Trinajstić information content (AvgIpc) is 2.18. The van der Waals surface area contributed by atoms with Crippen LogP contribution in [0.1, 0.15) is 6.92 Å². The molecule has 80 valence electrons. The van der Waals surface area contributed by atoms with Crippen LogP contribution >= 0.6 is 0 Å². The largest absolute Gasteiger partial charge is 0.388 e. The van der Waals surface area contributed by atoms with Crippen LogP contribution in [-0.2, 0) is 9.47 Å². The molecule has 0 aliphatic carbocycles. The van der Waals surface area contributed by atoms with Crippen LogP contribution in [0.25, 0.3) is 0 Å². The predicted molar refractivity (Wildman–Crippen MR) is 47.1 cm³/mol. The van der Waals surface area contributed by atoms with Gasteiger partial charge in [0.1, 0.15) is 24.9 Å². The third-order valence-electron chi connectivity index (χ3n) is 2.14. The molecule has 1 saturated heterocycles. The van der Waals surface area contributed by atoms with Crippen molar-refractivity contribution in [1.29, 1.82) is 0 Å². The molecule has 1 fully saturated rings. The first-order valence-electron chi connectivity index (χ1n) is 4.32. The molecule has 14 heavy (non-hydrogen) atoms. The minimum Gasteiger partial charge on any atom is -0.388 e. The van der Waals surface area contributed by atoms with E-state index in [0.717, 1.165) is 0 Å². The van der Waals surface area contributed by atoms with Gasteiger partial charge in [0.15, 0.2) is 6.29 Å². The predicted octanol–water partition coefficient (Wildman–Crippen LogP) is -1.54. The molecule has 5 heteroatoms. The third kappa shape index (κ3) is 2.23. The molecule has 0 aromatic heterocycles. The number of hydrogen-bond acceptors (Lipinski definition) is 5. The summed E-state index contributed by atoms with van der Waals surface area (Å²) in [5.41, 5.74) is 0. The zero-order valence-corrected chi connectivity index (χ0v) is 7.83. The lowest BCUT2D eigenvalue weighted by Crippen LogP contribution is -2.57. The molecule has 0 amide bonds. The van der Waals surface area contributed by atoms with E-state index >= 15 is 0 Å². The molecule has 0 bridgehead atoms. The fraction of sp³-hybridized carbons (Fsp3) is 0.778. The molecule has 3 N–H and O–H groups in total. The molecule has 0 aromatic carbocycles. The van der Waals surface area contributed by atoms with Gasteiger partial charge in [-0.15, -0.1) is 6.42 Å². The van der Waals surface area contributed by atoms with Crippen LogP contribution in [-0.4, -0.2) is 52.6 Å². The highest BCUT2D eigenvalue weighted by Crippen LogP contribution is 2.21. The zero-order chi connectivity index (χ0) is 10.7. The van der Waals surface area contributed by atoms with E-state index in [1.54, 1.807) is 6.92 Å². The fourth-order valence-corrected chi connectivity index (χ4v) is 1.28. The summed E-state index contributed by atoms with van der Waals surface area (Å²) < 4.78 is 10.1. The molecule has 1 heterocycles. The summed E-state index contributed by atoms with van der Waals surface area (Å²) in [6.45, 7) is 1.56. The van der Waals surface area contributed by atoms with Crippen LogP contribution in [0.3, 0.4) is 0 Å². The van der Waals surface area contributed by atoms with Gasteiger partial charge in [-0.2, -0.15) is 0 Å². The molecular formula is C9H14O5. The van der Waals surface area contributed by atoms with E-state index in [0.29, 0.717) is 0 Å². The van der Waals surface area contributed by atoms with Gasteiger partial charge >= 0.3 is 0 Å². The topological polar surface area (TPSA) is 79.2 Å². The summed E-state index contributed by atoms with van der Waals surface area (Å²) in [5.74, 6) is 2.22. The first-order valence-corrected chi connectivity index (χ1v) is 4.32. The average molecular weight is 202 g/mol. The van der Waals surface area contributed by atoms with Gasteiger partial charge in [-0.05, 0) is 6.92 Å². The van der Waals surface area contributed by atoms with Gasteiger partial charge in [-0.3, -0.25) is 0 Å². The van der Waals surface area contributed by atoms with Crippen molar-refractivity contribution in [2.24, 2.45) is 0 Å². The van der Waals surface area contributed by atoms with Crippen molar-refractivity contribution in [3.05, 3.63) is 0 Å². The Balaban J connectivity index is 2.57. The number of ether oxygens (including phenoxy) is 2. The molecule has 1 aliphatic rings. The smallest absolute Gasteiger partial charge is 0.187 e. The van der Waals surface area contributed by atoms with E-state index in [1.165, 1.54) is 0 Å². The number of rotatable bonds is 2. The van der Waals surface area contributed by atoms with E-state index in [2.05, 4.69) is 5.92 Å². The Labute approximate surface area is 82.3 Å². The monoisotopic (exact) mass is 202 g/mol. The second-order valence-electron chi connectivity index (χ2n) is 3.20. The van der Waals surface area contributed by atoms with E-state index in [-0.39, 0.29) is 6.61 Å². The van der Waals surface area contributed by atoms with Crippen LogP contribution < -0.4 is 0 Å². The standard InChI is InChI=1S/C9H14O5/c1-3-4-13-9-8(12)7(11)6(10)5(2)14-9/h1,5-12H,4H2,2H3/t5-,6-,7+,8+,9+/m0/s1. The summed E-state index contributed by atoms with van der Waals surface area (Å²) in [4.78, 5) is 0. The van der Waals surface area contributed by atoms with Crippen molar-refractivity contribution >= 4 is 0 Å². The minimum absolute atomic E-state index is 0.0166. The Hall–Kier alpha value is -0.640. The second kappa shape index (κ2) is 4.73. The van der Waals surface area contributed by atoms with Crippen molar-refractivity contribution in [3.8, 4) is 12.3 Å². The van der Waals surface area contributed by atoms with Crippen molar-refractivity contribution in [2.75, 3.05) is 6.61 Å². The van der Waals surface area contributed by atoms with Gasteiger partial charge in [0.2, 0.25) is 0 Å². The molecule has 5 atom stereocenters. The lowest BCUT2D eigenvalue weighted by molar-refractivity contribution is -0.289. The van der Waals surface area contributed by atoms with Gasteiger partial charge in [-0.25, -0.2) is 0 Å². The molecule has 1 aliphatic heterocycles. The third-order valence-corrected chi connectivity index (χ3v) is 2.14. The van der Waals surface area contributed by atoms with E-state index < -0.39 is 30.7 Å². The Morgan fingerprint density at radius 3 is 2.50 bits per heavy atom. The number of aliphatic hydroxyl groups excluding tert-OH is 3. The van der Waals surface area contributed by atoms with Crippen LogP contribution in [0.5, 0.6) is 0 Å². The highest BCUT2D eigenvalue weighted by Gasteiger charge is 2.42. The summed E-state index contributed by atoms with van der Waals surface area (Å²) in [7, 11) is 0. The quantitative estimate of drug-likeness (QED) is 0.473. The van der Waals surface area contributed by atoms with Gasteiger partial charge in [0.25, 0.3) is 0 Å². The molecule has 0 aromatic rings. The number of hydrogen-bond donors (Lipinski definition) is 3. The van der Waals surface area contributed by atoms with E-state index in [9.17, 15) is 15.3 Å². The Bertz CT molecular complexity index is 224. The molecule has 5 nitrogen and oxygen atoms in total. The number of aliphatic hydroxyl groups is 3. The maximum Gasteiger partial charge on any atom is 0.187 e. The van der Waals surface area contributed by atoms with Crippen molar-refractivity contribution in [3.63, 3.8) is 0 Å². The summed E-state index contributed by atoms with van der Waals surface area (Å²) in [6, 6.07) is 0. The lowest BCUT2D eigenvalue weighted by atomic mass is 10.0. The van der Waals surface area contributed by atoms with Gasteiger partial charge in [-0.1, -0.05) is 5.92 Å². The zero-order valence-electron chi connectivity index (χ0n) is 7.83. The van der Waals surface area contributed by atoms with Gasteiger partial charge in [0.05, 0.1) is 6.10 Å². The van der Waals surface area contributed by atoms with E-state index in [4.69, 9.17) is 15.9 Å². The van der Waals surface area contributed by atoms with Crippen molar-refractivity contribution in [2.45, 2.75) is 37.6 Å². The molecule has 1 rings (SSSR count). The van der Waals surface area contributed by atoms with Gasteiger partial charge < -0.3 is 24.8 Å². The lowest BCUT2D eigenvalue weighted by Gasteiger charge is -2.38. The first-order chi connectivity index (χ1) is 6.57. The molecule has 0 saturated carbocycles. The Kier molecular flexibility index (Phi) is 3.86. The maximum absolute atomic E-state index is 9.42. The maximum atomic E-state index is 9.42. The normalized spacial score (nSPS) is 43.2. The fourth-order valence-electron chi connectivity index (χ4n) is 1.28. The Morgan fingerprint density at radius 2 is 1.93 bits per heavy atom. The molecular weight excluding hydrogens is 188 g/mol. The van der Waals surface area contributed by atoms with Crippen LogP contribution in [0.4, 0.5) is 0 Å². The summed E-state index contributed by atoms with van der Waals surface area (Å²) in [5, 5.41) is 28.1. The SMILES string of the molecule is C#CCO[C@@H]1O[C@@H](C)[C@H](O)[C@@H](O)[C@H]1O. The summed E-state index contributed by atoms with van der Waals surface area (Å²) in [6.07, 6.45) is -0.298. The van der Waals surface area contributed by atoms with Crippen LogP contribution in [0.15, 0.2) is 0 Å². The second-order valence-corrected chi connectivity index (χ2v) is 3.20. The van der Waals surface area contributed by atoms with Crippen molar-refractivity contribution in [1.82, 2.24) is 0 Å².